The van der Waals surface area contributed by atoms with Crippen molar-refractivity contribution in [1.29, 1.82) is 0 Å². The van der Waals surface area contributed by atoms with Gasteiger partial charge in [-0.15, -0.1) is 0 Å². The maximum atomic E-state index is 13.5. The second kappa shape index (κ2) is 5.97. The van der Waals surface area contributed by atoms with E-state index in [1.807, 2.05) is 0 Å². The Balaban J connectivity index is 2.33. The van der Waals surface area contributed by atoms with Gasteiger partial charge in [0.2, 0.25) is 0 Å². The van der Waals surface area contributed by atoms with E-state index in [4.69, 9.17) is 0 Å². The maximum absolute atomic E-state index is 13.5. The standard InChI is InChI=1S/C15H21FN2O3/c1-10-3-5-15(9-19,6-4-10)17-13-7-11(2)12(16)8-14(13)18(20)21/h7-8,10,17,19H,3-6,9H2,1-2H3. The van der Waals surface area contributed by atoms with Crippen LogP contribution in [0, 0.1) is 28.8 Å². The van der Waals surface area contributed by atoms with Gasteiger partial charge < -0.3 is 10.4 Å². The van der Waals surface area contributed by atoms with Gasteiger partial charge in [0.25, 0.3) is 5.69 Å². The summed E-state index contributed by atoms with van der Waals surface area (Å²) in [6.07, 6.45) is 3.42. The van der Waals surface area contributed by atoms with Crippen molar-refractivity contribution < 1.29 is 14.4 Å². The van der Waals surface area contributed by atoms with Crippen molar-refractivity contribution in [3.8, 4) is 0 Å². The molecule has 21 heavy (non-hydrogen) atoms. The Kier molecular flexibility index (Phi) is 4.46. The van der Waals surface area contributed by atoms with E-state index < -0.39 is 16.3 Å². The van der Waals surface area contributed by atoms with Gasteiger partial charge in [-0.25, -0.2) is 4.39 Å². The molecule has 1 aliphatic carbocycles. The van der Waals surface area contributed by atoms with Crippen LogP contribution >= 0.6 is 0 Å². The van der Waals surface area contributed by atoms with Gasteiger partial charge in [0.05, 0.1) is 23.1 Å². The highest BCUT2D eigenvalue weighted by atomic mass is 19.1. The van der Waals surface area contributed by atoms with Gasteiger partial charge >= 0.3 is 0 Å². The molecule has 0 unspecified atom stereocenters. The molecule has 2 rings (SSSR count). The van der Waals surface area contributed by atoms with Gasteiger partial charge in [0, 0.05) is 0 Å². The van der Waals surface area contributed by atoms with Crippen molar-refractivity contribution >= 4 is 11.4 Å². The van der Waals surface area contributed by atoms with Crippen LogP contribution in [0.5, 0.6) is 0 Å². The number of hydrogen-bond donors (Lipinski definition) is 2. The molecule has 0 radical (unpaired) electrons. The lowest BCUT2D eigenvalue weighted by Gasteiger charge is -2.39. The number of nitrogens with one attached hydrogen (secondary N) is 1. The zero-order valence-electron chi connectivity index (χ0n) is 12.4. The third-order valence-electron chi connectivity index (χ3n) is 4.41. The van der Waals surface area contributed by atoms with Gasteiger partial charge in [-0.2, -0.15) is 0 Å². The molecule has 6 heteroatoms. The van der Waals surface area contributed by atoms with Crippen LogP contribution in [0.3, 0.4) is 0 Å². The first-order valence-corrected chi connectivity index (χ1v) is 7.20. The van der Waals surface area contributed by atoms with Crippen LogP contribution < -0.4 is 5.32 Å². The first kappa shape index (κ1) is 15.7. The molecule has 1 aromatic carbocycles. The maximum Gasteiger partial charge on any atom is 0.295 e. The van der Waals surface area contributed by atoms with Crippen LogP contribution in [-0.2, 0) is 0 Å². The van der Waals surface area contributed by atoms with E-state index in [-0.39, 0.29) is 18.0 Å². The molecule has 0 bridgehead atoms. The minimum absolute atomic E-state index is 0.0900. The number of rotatable bonds is 4. The van der Waals surface area contributed by atoms with E-state index >= 15 is 0 Å². The summed E-state index contributed by atoms with van der Waals surface area (Å²) in [6, 6.07) is 2.39. The van der Waals surface area contributed by atoms with Crippen LogP contribution in [0.15, 0.2) is 12.1 Å². The number of aliphatic hydroxyl groups excluding tert-OH is 1. The van der Waals surface area contributed by atoms with Crippen LogP contribution in [0.25, 0.3) is 0 Å². The third-order valence-corrected chi connectivity index (χ3v) is 4.41. The second-order valence-corrected chi connectivity index (χ2v) is 6.12. The molecule has 0 saturated heterocycles. The molecule has 116 valence electrons. The van der Waals surface area contributed by atoms with Crippen LogP contribution in [0.2, 0.25) is 0 Å². The predicted molar refractivity (Wildman–Crippen MR) is 78.9 cm³/mol. The Morgan fingerprint density at radius 2 is 2.10 bits per heavy atom. The Morgan fingerprint density at radius 1 is 1.48 bits per heavy atom. The largest absolute Gasteiger partial charge is 0.394 e. The number of nitro groups is 1. The van der Waals surface area contributed by atoms with E-state index in [1.165, 1.54) is 6.07 Å². The fourth-order valence-corrected chi connectivity index (χ4v) is 2.85. The lowest BCUT2D eigenvalue weighted by atomic mass is 9.77. The molecule has 2 N–H and O–H groups in total. The van der Waals surface area contributed by atoms with Crippen LogP contribution in [-0.4, -0.2) is 22.2 Å². The van der Waals surface area contributed by atoms with E-state index in [1.54, 1.807) is 6.92 Å². The monoisotopic (exact) mass is 296 g/mol. The molecule has 0 spiro atoms. The highest BCUT2D eigenvalue weighted by Gasteiger charge is 2.35. The Bertz CT molecular complexity index is 540. The number of hydrogen-bond acceptors (Lipinski definition) is 4. The zero-order valence-corrected chi connectivity index (χ0v) is 12.4. The first-order chi connectivity index (χ1) is 9.87. The van der Waals surface area contributed by atoms with Gasteiger partial charge in [-0.05, 0) is 50.2 Å². The average Bonchev–Trinajstić information content (AvgIpc) is 2.45. The van der Waals surface area contributed by atoms with Crippen molar-refractivity contribution in [2.75, 3.05) is 11.9 Å². The van der Waals surface area contributed by atoms with Gasteiger partial charge in [0.15, 0.2) is 0 Å². The molecule has 0 aromatic heterocycles. The molecular formula is C15H21FN2O3. The Labute approximate surface area is 123 Å². The summed E-state index contributed by atoms with van der Waals surface area (Å²) < 4.78 is 13.5. The summed E-state index contributed by atoms with van der Waals surface area (Å²) in [5.74, 6) is -0.000945. The predicted octanol–water partition coefficient (Wildman–Crippen LogP) is 3.40. The molecule has 1 aliphatic rings. The summed E-state index contributed by atoms with van der Waals surface area (Å²) >= 11 is 0. The summed E-state index contributed by atoms with van der Waals surface area (Å²) in [7, 11) is 0. The van der Waals surface area contributed by atoms with E-state index in [0.29, 0.717) is 11.5 Å². The van der Waals surface area contributed by atoms with Crippen molar-refractivity contribution in [2.45, 2.75) is 45.1 Å². The Morgan fingerprint density at radius 3 is 2.62 bits per heavy atom. The molecular weight excluding hydrogens is 275 g/mol. The summed E-state index contributed by atoms with van der Waals surface area (Å²) in [5, 5.41) is 24.0. The van der Waals surface area contributed by atoms with Gasteiger partial charge in [-0.1, -0.05) is 6.92 Å². The molecule has 0 amide bonds. The van der Waals surface area contributed by atoms with Crippen molar-refractivity contribution in [1.82, 2.24) is 0 Å². The Hall–Kier alpha value is -1.69. The third kappa shape index (κ3) is 3.32. The number of aryl methyl sites for hydroxylation is 1. The van der Waals surface area contributed by atoms with Crippen LogP contribution in [0.4, 0.5) is 15.8 Å². The summed E-state index contributed by atoms with van der Waals surface area (Å²) in [4.78, 5) is 10.5. The highest BCUT2D eigenvalue weighted by molar-refractivity contribution is 5.64. The molecule has 0 aliphatic heterocycles. The van der Waals surface area contributed by atoms with Crippen molar-refractivity contribution in [3.05, 3.63) is 33.6 Å². The zero-order chi connectivity index (χ0) is 15.6. The molecule has 1 fully saturated rings. The topological polar surface area (TPSA) is 75.4 Å². The number of nitro benzene ring substituents is 1. The molecule has 0 atom stereocenters. The van der Waals surface area contributed by atoms with Crippen molar-refractivity contribution in [2.24, 2.45) is 5.92 Å². The van der Waals surface area contributed by atoms with E-state index in [9.17, 15) is 19.6 Å². The van der Waals surface area contributed by atoms with Crippen molar-refractivity contribution in [3.63, 3.8) is 0 Å². The SMILES string of the molecule is Cc1cc(NC2(CO)CCC(C)CC2)c([N+](=O)[O-])cc1F. The normalized spacial score (nSPS) is 25.6. The summed E-state index contributed by atoms with van der Waals surface area (Å²) in [6.45, 7) is 3.64. The van der Waals surface area contributed by atoms with E-state index in [2.05, 4.69) is 12.2 Å². The first-order valence-electron chi connectivity index (χ1n) is 7.20. The lowest BCUT2D eigenvalue weighted by Crippen LogP contribution is -2.45. The number of aliphatic hydroxyl groups is 1. The van der Waals surface area contributed by atoms with Gasteiger partial charge in [0.1, 0.15) is 11.5 Å². The lowest BCUT2D eigenvalue weighted by molar-refractivity contribution is -0.384. The van der Waals surface area contributed by atoms with Gasteiger partial charge in [-0.3, -0.25) is 10.1 Å². The quantitative estimate of drug-likeness (QED) is 0.659. The number of halogens is 1. The fraction of sp³-hybridized carbons (Fsp3) is 0.600. The highest BCUT2D eigenvalue weighted by Crippen LogP contribution is 2.37. The number of benzene rings is 1. The molecule has 1 saturated carbocycles. The molecule has 5 nitrogen and oxygen atoms in total. The summed E-state index contributed by atoms with van der Waals surface area (Å²) in [5.41, 5.74) is -0.214. The number of anilines is 1. The number of nitrogens with zero attached hydrogens (tertiary/aromatic N) is 1. The van der Waals surface area contributed by atoms with E-state index in [0.717, 1.165) is 31.7 Å². The average molecular weight is 296 g/mol. The second-order valence-electron chi connectivity index (χ2n) is 6.12. The fourth-order valence-electron chi connectivity index (χ4n) is 2.85. The van der Waals surface area contributed by atoms with Crippen LogP contribution in [0.1, 0.15) is 38.2 Å². The molecule has 0 heterocycles. The molecule has 1 aromatic rings. The minimum atomic E-state index is -0.596. The minimum Gasteiger partial charge on any atom is -0.394 e. The smallest absolute Gasteiger partial charge is 0.295 e.